The van der Waals surface area contributed by atoms with Gasteiger partial charge in [0.15, 0.2) is 6.61 Å². The first-order chi connectivity index (χ1) is 16.5. The van der Waals surface area contributed by atoms with E-state index in [9.17, 15) is 18.8 Å². The van der Waals surface area contributed by atoms with E-state index in [1.807, 2.05) is 9.80 Å². The number of likely N-dealkylation sites (tertiary alicyclic amines) is 1. The van der Waals surface area contributed by atoms with E-state index < -0.39 is 5.97 Å². The number of benzene rings is 2. The van der Waals surface area contributed by atoms with Crippen LogP contribution in [-0.4, -0.2) is 79.2 Å². The van der Waals surface area contributed by atoms with Gasteiger partial charge < -0.3 is 19.4 Å². The highest BCUT2D eigenvalue weighted by Gasteiger charge is 2.24. The summed E-state index contributed by atoms with van der Waals surface area (Å²) in [5.74, 6) is -0.827. The predicted molar refractivity (Wildman–Crippen MR) is 128 cm³/mol. The zero-order valence-corrected chi connectivity index (χ0v) is 19.8. The van der Waals surface area contributed by atoms with Crippen molar-refractivity contribution >= 4 is 35.2 Å². The molecular weight excluding hydrogens is 457 g/mol. The zero-order valence-electron chi connectivity index (χ0n) is 19.0. The van der Waals surface area contributed by atoms with E-state index in [0.29, 0.717) is 42.3 Å². The molecule has 0 aliphatic carbocycles. The average molecular weight is 486 g/mol. The maximum Gasteiger partial charge on any atom is 0.339 e. The molecule has 2 aliphatic heterocycles. The lowest BCUT2D eigenvalue weighted by Crippen LogP contribution is -2.50. The lowest BCUT2D eigenvalue weighted by molar-refractivity contribution is -0.134. The molecule has 0 atom stereocenters. The number of rotatable bonds is 7. The fourth-order valence-corrected chi connectivity index (χ4v) is 5.10. The van der Waals surface area contributed by atoms with E-state index in [-0.39, 0.29) is 30.0 Å². The van der Waals surface area contributed by atoms with Crippen LogP contribution in [-0.2, 0) is 14.3 Å². The number of para-hydroxylation sites is 1. The molecule has 0 unspecified atom stereocenters. The molecule has 180 valence electrons. The summed E-state index contributed by atoms with van der Waals surface area (Å²) in [5.41, 5.74) is 0.872. The lowest BCUT2D eigenvalue weighted by Gasteiger charge is -2.36. The molecule has 0 spiro atoms. The molecule has 2 aliphatic rings. The van der Waals surface area contributed by atoms with Crippen molar-refractivity contribution in [2.75, 3.05) is 56.5 Å². The third-order valence-corrected chi connectivity index (χ3v) is 7.13. The van der Waals surface area contributed by atoms with Crippen molar-refractivity contribution in [2.45, 2.75) is 17.7 Å². The number of amides is 2. The Hall–Kier alpha value is -3.07. The van der Waals surface area contributed by atoms with Gasteiger partial charge in [-0.1, -0.05) is 24.3 Å². The number of carbonyl (C=O) groups excluding carboxylic acids is 3. The summed E-state index contributed by atoms with van der Waals surface area (Å²) < 4.78 is 19.3. The predicted octanol–water partition coefficient (Wildman–Crippen LogP) is 3.05. The summed E-state index contributed by atoms with van der Waals surface area (Å²) in [6.45, 7) is 3.09. The van der Waals surface area contributed by atoms with Gasteiger partial charge in [-0.05, 0) is 37.1 Å². The molecule has 34 heavy (non-hydrogen) atoms. The van der Waals surface area contributed by atoms with Crippen LogP contribution in [0, 0.1) is 5.82 Å². The summed E-state index contributed by atoms with van der Waals surface area (Å²) >= 11 is 1.31. The molecule has 2 heterocycles. The second-order valence-corrected chi connectivity index (χ2v) is 9.29. The second-order valence-electron chi connectivity index (χ2n) is 8.27. The van der Waals surface area contributed by atoms with Gasteiger partial charge in [0.1, 0.15) is 5.82 Å². The van der Waals surface area contributed by atoms with Gasteiger partial charge in [0.2, 0.25) is 5.91 Å². The number of halogens is 1. The number of thioether (sulfide) groups is 1. The maximum atomic E-state index is 14.0. The third kappa shape index (κ3) is 5.88. The van der Waals surface area contributed by atoms with Crippen LogP contribution in [0.5, 0.6) is 0 Å². The molecule has 2 fully saturated rings. The van der Waals surface area contributed by atoms with E-state index in [0.717, 1.165) is 25.9 Å². The molecule has 0 aromatic heterocycles. The molecule has 2 aromatic carbocycles. The van der Waals surface area contributed by atoms with Gasteiger partial charge in [0, 0.05) is 44.2 Å². The molecule has 0 bridgehead atoms. The average Bonchev–Trinajstić information content (AvgIpc) is 3.41. The molecule has 2 amide bonds. The minimum absolute atomic E-state index is 0.0652. The summed E-state index contributed by atoms with van der Waals surface area (Å²) in [6.07, 6.45) is 2.07. The van der Waals surface area contributed by atoms with Crippen molar-refractivity contribution in [1.29, 1.82) is 0 Å². The largest absolute Gasteiger partial charge is 0.452 e. The van der Waals surface area contributed by atoms with Crippen molar-refractivity contribution < 1.29 is 23.5 Å². The van der Waals surface area contributed by atoms with Crippen molar-refractivity contribution in [1.82, 2.24) is 9.80 Å². The summed E-state index contributed by atoms with van der Waals surface area (Å²) in [6, 6.07) is 13.5. The molecule has 2 saturated heterocycles. The quantitative estimate of drug-likeness (QED) is 0.444. The summed E-state index contributed by atoms with van der Waals surface area (Å²) in [5, 5.41) is 0. The van der Waals surface area contributed by atoms with Crippen LogP contribution in [0.2, 0.25) is 0 Å². The maximum absolute atomic E-state index is 14.0. The first kappa shape index (κ1) is 24.1. The lowest BCUT2D eigenvalue weighted by atomic mass is 10.2. The van der Waals surface area contributed by atoms with Crippen molar-refractivity contribution in [2.24, 2.45) is 0 Å². The Bertz CT molecular complexity index is 1040. The van der Waals surface area contributed by atoms with Gasteiger partial charge in [-0.2, -0.15) is 0 Å². The minimum atomic E-state index is -0.588. The SMILES string of the molecule is O=C(OCC(=O)N1CCN(c2ccccc2F)CC1)c1ccccc1SCC(=O)N1CCCC1. The molecule has 2 aromatic rings. The number of ether oxygens (including phenoxy) is 1. The van der Waals surface area contributed by atoms with Gasteiger partial charge in [-0.3, -0.25) is 9.59 Å². The van der Waals surface area contributed by atoms with Crippen LogP contribution in [0.25, 0.3) is 0 Å². The van der Waals surface area contributed by atoms with E-state index in [1.165, 1.54) is 17.8 Å². The normalized spacial score (nSPS) is 16.0. The van der Waals surface area contributed by atoms with Gasteiger partial charge in [-0.15, -0.1) is 11.8 Å². The molecule has 0 saturated carbocycles. The smallest absolute Gasteiger partial charge is 0.339 e. The molecular formula is C25H28FN3O4S. The van der Waals surface area contributed by atoms with E-state index in [2.05, 4.69) is 0 Å². The number of carbonyl (C=O) groups is 3. The van der Waals surface area contributed by atoms with Crippen LogP contribution in [0.1, 0.15) is 23.2 Å². The number of anilines is 1. The van der Waals surface area contributed by atoms with Crippen LogP contribution < -0.4 is 4.90 Å². The number of hydrogen-bond donors (Lipinski definition) is 0. The Kier molecular flexibility index (Phi) is 8.05. The molecule has 7 nitrogen and oxygen atoms in total. The van der Waals surface area contributed by atoms with Crippen molar-refractivity contribution in [3.63, 3.8) is 0 Å². The molecule has 9 heteroatoms. The Labute approximate surface area is 202 Å². The molecule has 0 N–H and O–H groups in total. The van der Waals surface area contributed by atoms with Crippen LogP contribution in [0.4, 0.5) is 10.1 Å². The highest BCUT2D eigenvalue weighted by atomic mass is 32.2. The second kappa shape index (κ2) is 11.4. The van der Waals surface area contributed by atoms with Crippen LogP contribution in [0.3, 0.4) is 0 Å². The number of hydrogen-bond acceptors (Lipinski definition) is 6. The molecule has 0 radical (unpaired) electrons. The summed E-state index contributed by atoms with van der Waals surface area (Å²) in [4.78, 5) is 43.6. The Morgan fingerprint density at radius 2 is 1.47 bits per heavy atom. The van der Waals surface area contributed by atoms with Crippen molar-refractivity contribution in [3.05, 3.63) is 59.9 Å². The monoisotopic (exact) mass is 485 g/mol. The van der Waals surface area contributed by atoms with E-state index >= 15 is 0 Å². The molecule has 4 rings (SSSR count). The van der Waals surface area contributed by atoms with Crippen LogP contribution >= 0.6 is 11.8 Å². The topological polar surface area (TPSA) is 70.2 Å². The fourth-order valence-electron chi connectivity index (χ4n) is 4.16. The zero-order chi connectivity index (χ0) is 23.9. The minimum Gasteiger partial charge on any atom is -0.452 e. The fraction of sp³-hybridized carbons (Fsp3) is 0.400. The highest BCUT2D eigenvalue weighted by molar-refractivity contribution is 8.00. The first-order valence-electron chi connectivity index (χ1n) is 11.5. The Morgan fingerprint density at radius 1 is 0.824 bits per heavy atom. The third-order valence-electron chi connectivity index (χ3n) is 6.07. The standard InChI is InChI=1S/C25H28FN3O4S/c26-20-8-2-3-9-21(20)27-13-15-29(16-14-27)23(30)17-33-25(32)19-7-1-4-10-22(19)34-18-24(31)28-11-5-6-12-28/h1-4,7-10H,5-6,11-18H2. The Balaban J connectivity index is 1.26. The number of piperazine rings is 1. The van der Waals surface area contributed by atoms with Gasteiger partial charge in [0.25, 0.3) is 5.91 Å². The van der Waals surface area contributed by atoms with Gasteiger partial charge in [-0.25, -0.2) is 9.18 Å². The van der Waals surface area contributed by atoms with E-state index in [1.54, 1.807) is 47.4 Å². The van der Waals surface area contributed by atoms with Crippen LogP contribution in [0.15, 0.2) is 53.4 Å². The van der Waals surface area contributed by atoms with E-state index in [4.69, 9.17) is 4.74 Å². The summed E-state index contributed by atoms with van der Waals surface area (Å²) in [7, 11) is 0. The van der Waals surface area contributed by atoms with Crippen molar-refractivity contribution in [3.8, 4) is 0 Å². The van der Waals surface area contributed by atoms with Gasteiger partial charge in [0.05, 0.1) is 17.0 Å². The highest BCUT2D eigenvalue weighted by Crippen LogP contribution is 2.25. The number of esters is 1. The first-order valence-corrected chi connectivity index (χ1v) is 12.5. The number of nitrogens with zero attached hydrogens (tertiary/aromatic N) is 3. The van der Waals surface area contributed by atoms with Gasteiger partial charge >= 0.3 is 5.97 Å². The Morgan fingerprint density at radius 3 is 2.21 bits per heavy atom.